The number of carbonyl (C=O) groups is 6. The van der Waals surface area contributed by atoms with E-state index in [1.54, 1.807) is 47.1 Å². The monoisotopic (exact) mass is 1040 g/mol. The van der Waals surface area contributed by atoms with Gasteiger partial charge in [0.05, 0.1) is 41.6 Å². The molecule has 74 heavy (non-hydrogen) atoms. The maximum atomic E-state index is 14.6. The standard InChI is InChI=1S/C53H77ClN14O6/c1-32(36-20-15-13-16-21-36)56-48(71)42-26-40(30-65(42)50(73)44(52(5,6)7)58-46(69)34(3)55-11)67-28-38(60-62-67)24-19-25-39-29-68(63-61-39)41-27-43(49(72)57-33(2)37-22-17-14-18-23-37)66(31-41)51(74)45(53(8,9)10)59-47(70)35(4)64(12)54/h13-18,20-23,28-29,32-35,40-45,55H,19,24-27,30-31H2,1-12H3,(H,56,71)(H,57,72)(H,58,69)(H,59,70)/t32-,33-,34+,35+,40+,41+,42+,43+,44-,45-/m1/s1. The van der Waals surface area contributed by atoms with Gasteiger partial charge in [0.1, 0.15) is 30.2 Å². The van der Waals surface area contributed by atoms with Crippen LogP contribution in [0.15, 0.2) is 73.1 Å². The third-order valence-corrected chi connectivity index (χ3v) is 14.6. The van der Waals surface area contributed by atoms with Crippen molar-refractivity contribution in [3.63, 3.8) is 0 Å². The Bertz CT molecular complexity index is 2560. The van der Waals surface area contributed by atoms with E-state index < -0.39 is 53.0 Å². The molecule has 2 aliphatic rings. The maximum Gasteiger partial charge on any atom is 0.246 e. The van der Waals surface area contributed by atoms with E-state index in [0.29, 0.717) is 25.0 Å². The van der Waals surface area contributed by atoms with Gasteiger partial charge in [-0.25, -0.2) is 13.8 Å². The third-order valence-electron chi connectivity index (χ3n) is 14.3. The van der Waals surface area contributed by atoms with Crippen LogP contribution in [0.1, 0.15) is 135 Å². The van der Waals surface area contributed by atoms with Crippen molar-refractivity contribution >= 4 is 47.2 Å². The lowest BCUT2D eigenvalue weighted by Gasteiger charge is -2.36. The number of nitrogens with zero attached hydrogens (tertiary/aromatic N) is 9. The van der Waals surface area contributed by atoms with Gasteiger partial charge in [0, 0.05) is 45.4 Å². The van der Waals surface area contributed by atoms with Crippen molar-refractivity contribution in [3.8, 4) is 0 Å². The molecule has 6 rings (SSSR count). The number of hydrogen-bond donors (Lipinski definition) is 5. The molecule has 2 fully saturated rings. The van der Waals surface area contributed by atoms with Gasteiger partial charge in [0.25, 0.3) is 0 Å². The van der Waals surface area contributed by atoms with Crippen molar-refractivity contribution in [3.05, 3.63) is 95.6 Å². The Morgan fingerprint density at radius 3 is 1.39 bits per heavy atom. The Morgan fingerprint density at radius 2 is 1.03 bits per heavy atom. The molecule has 2 aromatic heterocycles. The van der Waals surface area contributed by atoms with Gasteiger partial charge in [-0.2, -0.15) is 0 Å². The van der Waals surface area contributed by atoms with E-state index in [2.05, 4.69) is 47.2 Å². The molecule has 6 amide bonds. The van der Waals surface area contributed by atoms with Crippen LogP contribution in [0, 0.1) is 10.8 Å². The van der Waals surface area contributed by atoms with Crippen LogP contribution in [0.25, 0.3) is 0 Å². The van der Waals surface area contributed by atoms with E-state index in [-0.39, 0.29) is 79.6 Å². The molecule has 0 spiro atoms. The molecule has 10 atom stereocenters. The minimum absolute atomic E-state index is 0.162. The summed E-state index contributed by atoms with van der Waals surface area (Å²) in [6.07, 6.45) is 6.00. The second-order valence-electron chi connectivity index (χ2n) is 22.1. The highest BCUT2D eigenvalue weighted by Crippen LogP contribution is 2.34. The number of aromatic nitrogens is 6. The number of hydrogen-bond acceptors (Lipinski definition) is 12. The summed E-state index contributed by atoms with van der Waals surface area (Å²) in [6.45, 7) is 18.8. The molecule has 21 heteroatoms. The largest absolute Gasteiger partial charge is 0.348 e. The van der Waals surface area contributed by atoms with Crippen LogP contribution >= 0.6 is 11.8 Å². The molecular weight excluding hydrogens is 964 g/mol. The second kappa shape index (κ2) is 24.4. The third kappa shape index (κ3) is 14.1. The molecule has 20 nitrogen and oxygen atoms in total. The summed E-state index contributed by atoms with van der Waals surface area (Å²) in [4.78, 5) is 87.0. The summed E-state index contributed by atoms with van der Waals surface area (Å²) >= 11 is 6.13. The Labute approximate surface area is 440 Å². The van der Waals surface area contributed by atoms with Crippen LogP contribution in [0.4, 0.5) is 0 Å². The second-order valence-corrected chi connectivity index (χ2v) is 22.7. The highest BCUT2D eigenvalue weighted by molar-refractivity contribution is 6.14. The fraction of sp³-hybridized carbons (Fsp3) is 0.585. The quantitative estimate of drug-likeness (QED) is 0.0784. The molecule has 0 unspecified atom stereocenters. The van der Waals surface area contributed by atoms with Crippen LogP contribution in [-0.2, 0) is 41.6 Å². The number of aryl methyl sites for hydroxylation is 2. The van der Waals surface area contributed by atoms with Crippen molar-refractivity contribution in [1.82, 2.24) is 70.8 Å². The molecule has 0 aliphatic carbocycles. The van der Waals surface area contributed by atoms with Crippen LogP contribution < -0.4 is 26.6 Å². The Morgan fingerprint density at radius 1 is 0.635 bits per heavy atom. The summed E-state index contributed by atoms with van der Waals surface area (Å²) in [5.41, 5.74) is 1.90. The van der Waals surface area contributed by atoms with Gasteiger partial charge in [-0.1, -0.05) is 113 Å². The summed E-state index contributed by atoms with van der Waals surface area (Å²) < 4.78 is 4.69. The summed E-state index contributed by atoms with van der Waals surface area (Å²) in [5.74, 6) is -2.09. The number of amides is 6. The minimum atomic E-state index is -0.962. The van der Waals surface area contributed by atoms with Crippen LogP contribution in [-0.4, -0.2) is 143 Å². The van der Waals surface area contributed by atoms with Crippen molar-refractivity contribution in [2.75, 3.05) is 27.2 Å². The number of nitrogens with one attached hydrogen (secondary N) is 5. The average Bonchev–Trinajstić information content (AvgIpc) is 4.21. The number of halogens is 1. The SMILES string of the molecule is CN[C@@H](C)C(=O)N[C@H](C(=O)N1C[C@@H](n2cc(CCCc3cn([C@H]4C[C@@H](C(=O)N[C@H](C)c5ccccc5)N(C(=O)[C@@H](NC(=O)[C@H](C)N(C)Cl)C(C)(C)C)C4)nn3)nn2)C[C@H]1C(=O)N[C@H](C)c1ccccc1)C(C)(C)C. The van der Waals surface area contributed by atoms with Gasteiger partial charge < -0.3 is 36.4 Å². The number of benzene rings is 2. The summed E-state index contributed by atoms with van der Waals surface area (Å²) in [5, 5.41) is 32.9. The number of rotatable bonds is 20. The minimum Gasteiger partial charge on any atom is -0.348 e. The maximum absolute atomic E-state index is 14.6. The fourth-order valence-corrected chi connectivity index (χ4v) is 9.47. The first kappa shape index (κ1) is 57.0. The van der Waals surface area contributed by atoms with E-state index >= 15 is 0 Å². The number of likely N-dealkylation sites (N-methyl/N-ethyl adjacent to an activating group) is 2. The molecule has 0 bridgehead atoms. The van der Waals surface area contributed by atoms with Gasteiger partial charge in [0.15, 0.2) is 0 Å². The van der Waals surface area contributed by atoms with Gasteiger partial charge in [-0.3, -0.25) is 28.8 Å². The fourth-order valence-electron chi connectivity index (χ4n) is 9.38. The predicted octanol–water partition coefficient (Wildman–Crippen LogP) is 4.23. The van der Waals surface area contributed by atoms with Crippen molar-refractivity contribution < 1.29 is 28.8 Å². The van der Waals surface area contributed by atoms with Gasteiger partial charge in [-0.15, -0.1) is 10.2 Å². The van der Waals surface area contributed by atoms with Crippen LogP contribution in [0.5, 0.6) is 0 Å². The van der Waals surface area contributed by atoms with E-state index in [0.717, 1.165) is 16.8 Å². The molecule has 402 valence electrons. The van der Waals surface area contributed by atoms with Crippen LogP contribution in [0.2, 0.25) is 0 Å². The van der Waals surface area contributed by atoms with Crippen molar-refractivity contribution in [1.29, 1.82) is 0 Å². The average molecular weight is 1040 g/mol. The Kier molecular flexibility index (Phi) is 18.8. The van der Waals surface area contributed by atoms with Crippen LogP contribution in [0.3, 0.4) is 0 Å². The normalized spacial score (nSPS) is 20.6. The highest BCUT2D eigenvalue weighted by atomic mass is 35.5. The van der Waals surface area contributed by atoms with Gasteiger partial charge in [-0.05, 0) is 87.7 Å². The zero-order valence-corrected chi connectivity index (χ0v) is 45.8. The van der Waals surface area contributed by atoms with E-state index in [1.807, 2.05) is 128 Å². The Balaban J connectivity index is 1.14. The molecular formula is C53H77ClN14O6. The van der Waals surface area contributed by atoms with Crippen molar-refractivity contribution in [2.45, 2.75) is 162 Å². The molecule has 4 heterocycles. The van der Waals surface area contributed by atoms with Gasteiger partial charge in [0.2, 0.25) is 35.4 Å². The first-order valence-electron chi connectivity index (χ1n) is 25.7. The smallest absolute Gasteiger partial charge is 0.246 e. The molecule has 0 radical (unpaired) electrons. The summed E-state index contributed by atoms with van der Waals surface area (Å²) in [6, 6.07) is 13.0. The predicted molar refractivity (Wildman–Crippen MR) is 281 cm³/mol. The first-order valence-corrected chi connectivity index (χ1v) is 26.0. The van der Waals surface area contributed by atoms with Crippen molar-refractivity contribution in [2.24, 2.45) is 10.8 Å². The first-order chi connectivity index (χ1) is 34.9. The highest BCUT2D eigenvalue weighted by Gasteiger charge is 2.48. The van der Waals surface area contributed by atoms with E-state index in [1.165, 1.54) is 4.42 Å². The van der Waals surface area contributed by atoms with E-state index in [9.17, 15) is 28.8 Å². The molecule has 5 N–H and O–H groups in total. The molecule has 0 saturated carbocycles. The lowest BCUT2D eigenvalue weighted by Crippen LogP contribution is -2.59. The molecule has 2 aliphatic heterocycles. The lowest BCUT2D eigenvalue weighted by atomic mass is 9.85. The lowest BCUT2D eigenvalue weighted by molar-refractivity contribution is -0.144. The van der Waals surface area contributed by atoms with E-state index in [4.69, 9.17) is 11.8 Å². The zero-order valence-electron chi connectivity index (χ0n) is 45.0. The molecule has 2 aromatic carbocycles. The van der Waals surface area contributed by atoms with Gasteiger partial charge >= 0.3 is 0 Å². The number of likely N-dealkylation sites (tertiary alicyclic amines) is 2. The summed E-state index contributed by atoms with van der Waals surface area (Å²) in [7, 11) is 3.25. The number of carbonyl (C=O) groups excluding carboxylic acids is 6. The Hall–Kier alpha value is -6.25. The topological polar surface area (TPSA) is 234 Å². The molecule has 4 aromatic rings. The molecule has 2 saturated heterocycles. The zero-order chi connectivity index (χ0) is 54.2.